The summed E-state index contributed by atoms with van der Waals surface area (Å²) in [5, 5.41) is 13.3. The van der Waals surface area contributed by atoms with Gasteiger partial charge in [0.15, 0.2) is 0 Å². The van der Waals surface area contributed by atoms with Gasteiger partial charge in [-0.05, 0) is 13.8 Å². The van der Waals surface area contributed by atoms with E-state index >= 15 is 0 Å². The van der Waals surface area contributed by atoms with E-state index in [1.165, 1.54) is 0 Å². The molecule has 0 unspecified atom stereocenters. The van der Waals surface area contributed by atoms with Gasteiger partial charge in [0.25, 0.3) is 5.91 Å². The summed E-state index contributed by atoms with van der Waals surface area (Å²) in [5.41, 5.74) is 1.48. The number of amides is 1. The molecule has 1 amide bonds. The van der Waals surface area contributed by atoms with E-state index < -0.39 is 0 Å². The van der Waals surface area contributed by atoms with Crippen molar-refractivity contribution in [1.82, 2.24) is 25.7 Å². The first kappa shape index (κ1) is 14.2. The van der Waals surface area contributed by atoms with Gasteiger partial charge in [-0.15, -0.1) is 5.10 Å². The summed E-state index contributed by atoms with van der Waals surface area (Å²) in [6, 6.07) is 0. The molecule has 7 nitrogen and oxygen atoms in total. The summed E-state index contributed by atoms with van der Waals surface area (Å²) in [5.74, 6) is 1.20. The lowest BCUT2D eigenvalue weighted by Crippen LogP contribution is -2.24. The first-order chi connectivity index (χ1) is 9.29. The lowest BCUT2D eigenvalue weighted by atomic mass is 9.96. The number of hydrogen-bond acceptors (Lipinski definition) is 5. The highest BCUT2D eigenvalue weighted by Crippen LogP contribution is 2.17. The maximum absolute atomic E-state index is 12.0. The van der Waals surface area contributed by atoms with Crippen LogP contribution in [-0.4, -0.2) is 26.2 Å². The fourth-order valence-corrected chi connectivity index (χ4v) is 1.70. The minimum absolute atomic E-state index is 0.140. The molecule has 7 heteroatoms. The van der Waals surface area contributed by atoms with Crippen molar-refractivity contribution in [3.05, 3.63) is 28.7 Å². The van der Waals surface area contributed by atoms with Crippen molar-refractivity contribution in [3.8, 4) is 0 Å². The molecule has 108 valence electrons. The van der Waals surface area contributed by atoms with Crippen LogP contribution in [0.3, 0.4) is 0 Å². The molecule has 0 aliphatic heterocycles. The average molecular weight is 277 g/mol. The highest BCUT2D eigenvalue weighted by atomic mass is 16.5. The minimum atomic E-state index is -0.322. The van der Waals surface area contributed by atoms with Gasteiger partial charge in [0.1, 0.15) is 11.6 Å². The van der Waals surface area contributed by atoms with Crippen molar-refractivity contribution in [2.24, 2.45) is 0 Å². The summed E-state index contributed by atoms with van der Waals surface area (Å²) in [6.07, 6.45) is 0. The summed E-state index contributed by atoms with van der Waals surface area (Å²) in [7, 11) is 0. The molecule has 2 aromatic heterocycles. The van der Waals surface area contributed by atoms with Crippen LogP contribution >= 0.6 is 0 Å². The van der Waals surface area contributed by atoms with Gasteiger partial charge < -0.3 is 9.84 Å². The lowest BCUT2D eigenvalue weighted by Gasteiger charge is -2.12. The Morgan fingerprint density at radius 1 is 1.35 bits per heavy atom. The molecule has 0 bridgehead atoms. The molecular weight excluding hydrogens is 258 g/mol. The normalized spacial score (nSPS) is 11.7. The number of hydrogen-bond donors (Lipinski definition) is 2. The first-order valence-corrected chi connectivity index (χ1v) is 6.42. The van der Waals surface area contributed by atoms with Crippen LogP contribution in [0.15, 0.2) is 4.52 Å². The number of nitrogens with one attached hydrogen (secondary N) is 2. The van der Waals surface area contributed by atoms with E-state index in [0.717, 1.165) is 11.3 Å². The van der Waals surface area contributed by atoms with E-state index in [1.54, 1.807) is 0 Å². The zero-order chi connectivity index (χ0) is 14.9. The molecule has 0 atom stereocenters. The molecule has 0 aromatic carbocycles. The predicted molar refractivity (Wildman–Crippen MR) is 72.2 cm³/mol. The van der Waals surface area contributed by atoms with Crippen molar-refractivity contribution in [1.29, 1.82) is 0 Å². The van der Waals surface area contributed by atoms with Gasteiger partial charge in [0, 0.05) is 17.5 Å². The molecule has 2 aromatic rings. The lowest BCUT2D eigenvalue weighted by molar-refractivity contribution is 0.0940. The predicted octanol–water partition coefficient (Wildman–Crippen LogP) is 1.64. The van der Waals surface area contributed by atoms with Gasteiger partial charge in [-0.25, -0.2) is 4.98 Å². The third-order valence-electron chi connectivity index (χ3n) is 3.01. The third kappa shape index (κ3) is 2.87. The second-order valence-electron chi connectivity index (χ2n) is 5.74. The van der Waals surface area contributed by atoms with Crippen molar-refractivity contribution in [2.45, 2.75) is 46.6 Å². The van der Waals surface area contributed by atoms with Crippen LogP contribution in [0.5, 0.6) is 0 Å². The molecule has 0 radical (unpaired) electrons. The maximum Gasteiger partial charge on any atom is 0.291 e. The Morgan fingerprint density at radius 3 is 2.55 bits per heavy atom. The van der Waals surface area contributed by atoms with Crippen molar-refractivity contribution >= 4 is 5.91 Å². The number of aryl methyl sites for hydroxylation is 2. The van der Waals surface area contributed by atoms with Gasteiger partial charge in [-0.2, -0.15) is 0 Å². The smallest absolute Gasteiger partial charge is 0.291 e. The van der Waals surface area contributed by atoms with Crippen LogP contribution in [0.4, 0.5) is 0 Å². The Morgan fingerprint density at radius 2 is 2.05 bits per heavy atom. The maximum atomic E-state index is 12.0. The van der Waals surface area contributed by atoms with Crippen molar-refractivity contribution in [3.63, 3.8) is 0 Å². The van der Waals surface area contributed by atoms with Crippen LogP contribution in [0.25, 0.3) is 0 Å². The van der Waals surface area contributed by atoms with Gasteiger partial charge >= 0.3 is 0 Å². The molecular formula is C13H19N5O2. The third-order valence-corrected chi connectivity index (χ3v) is 3.01. The molecule has 2 heterocycles. The molecule has 2 N–H and O–H groups in total. The van der Waals surface area contributed by atoms with Gasteiger partial charge in [0.05, 0.1) is 5.69 Å². The monoisotopic (exact) mass is 277 g/mol. The number of carbonyl (C=O) groups is 1. The van der Waals surface area contributed by atoms with Crippen LogP contribution in [0, 0.1) is 13.8 Å². The van der Waals surface area contributed by atoms with E-state index in [2.05, 4.69) is 25.7 Å². The number of rotatable bonds is 3. The topological polar surface area (TPSA) is 96.7 Å². The SMILES string of the molecule is Cc1noc(C)c1CNC(=O)c1n[nH]c(C(C)(C)C)n1. The number of carbonyl (C=O) groups excluding carboxylic acids is 1. The Hall–Kier alpha value is -2.18. The zero-order valence-corrected chi connectivity index (χ0v) is 12.4. The number of aromatic nitrogens is 4. The number of H-pyrrole nitrogens is 1. The quantitative estimate of drug-likeness (QED) is 0.889. The second-order valence-corrected chi connectivity index (χ2v) is 5.74. The highest BCUT2D eigenvalue weighted by Gasteiger charge is 2.21. The number of aromatic amines is 1. The van der Waals surface area contributed by atoms with Crippen LogP contribution in [-0.2, 0) is 12.0 Å². The van der Waals surface area contributed by atoms with Crippen molar-refractivity contribution < 1.29 is 9.32 Å². The van der Waals surface area contributed by atoms with Crippen LogP contribution in [0.1, 0.15) is 54.2 Å². The summed E-state index contributed by atoms with van der Waals surface area (Å²) in [4.78, 5) is 16.2. The summed E-state index contributed by atoms with van der Waals surface area (Å²) >= 11 is 0. The highest BCUT2D eigenvalue weighted by molar-refractivity contribution is 5.90. The van der Waals surface area contributed by atoms with E-state index in [4.69, 9.17) is 4.52 Å². The standard InChI is InChI=1S/C13H19N5O2/c1-7-9(8(2)20-18-7)6-14-11(19)10-15-12(17-16-10)13(3,4)5/h6H2,1-5H3,(H,14,19)(H,15,16,17). The Kier molecular flexibility index (Phi) is 3.61. The second kappa shape index (κ2) is 5.07. The Bertz CT molecular complexity index is 601. The Balaban J connectivity index is 2.04. The van der Waals surface area contributed by atoms with E-state index in [-0.39, 0.29) is 17.1 Å². The fraction of sp³-hybridized carbons (Fsp3) is 0.538. The average Bonchev–Trinajstić information content (AvgIpc) is 2.95. The van der Waals surface area contributed by atoms with E-state index in [1.807, 2.05) is 34.6 Å². The minimum Gasteiger partial charge on any atom is -0.361 e. The molecule has 2 rings (SSSR count). The molecule has 0 saturated carbocycles. The largest absolute Gasteiger partial charge is 0.361 e. The summed E-state index contributed by atoms with van der Waals surface area (Å²) in [6.45, 7) is 9.99. The van der Waals surface area contributed by atoms with Gasteiger partial charge in [-0.1, -0.05) is 25.9 Å². The summed E-state index contributed by atoms with van der Waals surface area (Å²) < 4.78 is 5.04. The van der Waals surface area contributed by atoms with E-state index in [0.29, 0.717) is 18.1 Å². The van der Waals surface area contributed by atoms with E-state index in [9.17, 15) is 4.79 Å². The Labute approximate surface area is 117 Å². The zero-order valence-electron chi connectivity index (χ0n) is 12.4. The molecule has 0 saturated heterocycles. The van der Waals surface area contributed by atoms with Gasteiger partial charge in [-0.3, -0.25) is 9.89 Å². The molecule has 0 spiro atoms. The molecule has 0 aliphatic carbocycles. The number of nitrogens with zero attached hydrogens (tertiary/aromatic N) is 3. The van der Waals surface area contributed by atoms with Crippen molar-refractivity contribution in [2.75, 3.05) is 0 Å². The van der Waals surface area contributed by atoms with Gasteiger partial charge in [0.2, 0.25) is 5.82 Å². The molecule has 0 aliphatic rings. The first-order valence-electron chi connectivity index (χ1n) is 6.42. The van der Waals surface area contributed by atoms with Crippen LogP contribution in [0.2, 0.25) is 0 Å². The fourth-order valence-electron chi connectivity index (χ4n) is 1.70. The van der Waals surface area contributed by atoms with Crippen LogP contribution < -0.4 is 5.32 Å². The molecule has 0 fully saturated rings. The molecule has 20 heavy (non-hydrogen) atoms.